The second-order valence-corrected chi connectivity index (χ2v) is 5.84. The molecule has 6 heteroatoms. The molecule has 1 aromatic heterocycles. The van der Waals surface area contributed by atoms with Gasteiger partial charge in [-0.15, -0.1) is 0 Å². The molecule has 0 saturated carbocycles. The van der Waals surface area contributed by atoms with Crippen LogP contribution >= 0.6 is 0 Å². The molecule has 1 fully saturated rings. The molecule has 0 aliphatic carbocycles. The van der Waals surface area contributed by atoms with E-state index in [0.717, 1.165) is 6.20 Å². The average molecular weight is 281 g/mol. The first kappa shape index (κ1) is 15.1. The van der Waals surface area contributed by atoms with Crippen LogP contribution in [0, 0.1) is 0 Å². The fraction of sp³-hybridized carbons (Fsp3) is 0.500. The van der Waals surface area contributed by atoms with Crippen LogP contribution in [0.4, 0.5) is 8.78 Å². The number of pyridine rings is 1. The quantitative estimate of drug-likeness (QED) is 0.792. The SMILES string of the molecule is CC1(C)OB(/C=C/c2cncc(C(F)F)c2)OC1(C)C. The lowest BCUT2D eigenvalue weighted by molar-refractivity contribution is 0.00578. The molecule has 0 N–H and O–H groups in total. The zero-order valence-corrected chi connectivity index (χ0v) is 12.1. The number of aromatic nitrogens is 1. The first-order chi connectivity index (χ1) is 9.21. The van der Waals surface area contributed by atoms with Gasteiger partial charge in [-0.1, -0.05) is 12.1 Å². The molecule has 1 aliphatic heterocycles. The molecule has 0 atom stereocenters. The van der Waals surface area contributed by atoms with Crippen LogP contribution in [0.1, 0.15) is 45.2 Å². The van der Waals surface area contributed by atoms with Gasteiger partial charge in [-0.25, -0.2) is 8.78 Å². The maximum Gasteiger partial charge on any atom is 0.487 e. The second-order valence-electron chi connectivity index (χ2n) is 5.84. The van der Waals surface area contributed by atoms with Crippen molar-refractivity contribution in [1.29, 1.82) is 0 Å². The van der Waals surface area contributed by atoms with E-state index in [0.29, 0.717) is 5.56 Å². The number of alkyl halides is 2. The van der Waals surface area contributed by atoms with Gasteiger partial charge >= 0.3 is 7.12 Å². The van der Waals surface area contributed by atoms with Gasteiger partial charge in [0, 0.05) is 18.0 Å². The van der Waals surface area contributed by atoms with Gasteiger partial charge in [0.2, 0.25) is 0 Å². The lowest BCUT2D eigenvalue weighted by Crippen LogP contribution is -2.41. The van der Waals surface area contributed by atoms with Gasteiger partial charge in [-0.2, -0.15) is 0 Å². The van der Waals surface area contributed by atoms with E-state index in [4.69, 9.17) is 9.31 Å². The van der Waals surface area contributed by atoms with E-state index in [2.05, 4.69) is 4.98 Å². The molecule has 108 valence electrons. The summed E-state index contributed by atoms with van der Waals surface area (Å²) in [6.07, 6.45) is 1.85. The number of rotatable bonds is 3. The minimum atomic E-state index is -2.52. The summed E-state index contributed by atoms with van der Waals surface area (Å²) >= 11 is 0. The van der Waals surface area contributed by atoms with E-state index in [1.165, 1.54) is 12.3 Å². The van der Waals surface area contributed by atoms with Crippen molar-refractivity contribution in [2.45, 2.75) is 45.3 Å². The zero-order chi connectivity index (χ0) is 15.0. The lowest BCUT2D eigenvalue weighted by Gasteiger charge is -2.32. The average Bonchev–Trinajstić information content (AvgIpc) is 2.56. The van der Waals surface area contributed by atoms with E-state index < -0.39 is 24.7 Å². The third-order valence-corrected chi connectivity index (χ3v) is 3.75. The zero-order valence-electron chi connectivity index (χ0n) is 12.1. The Balaban J connectivity index is 2.10. The van der Waals surface area contributed by atoms with Crippen molar-refractivity contribution >= 4 is 13.2 Å². The van der Waals surface area contributed by atoms with Crippen molar-refractivity contribution in [2.24, 2.45) is 0 Å². The third kappa shape index (κ3) is 3.07. The fourth-order valence-electron chi connectivity index (χ4n) is 1.84. The molecular weight excluding hydrogens is 263 g/mol. The van der Waals surface area contributed by atoms with E-state index in [1.54, 1.807) is 12.1 Å². The van der Waals surface area contributed by atoms with Gasteiger partial charge in [-0.3, -0.25) is 4.98 Å². The number of nitrogens with zero attached hydrogens (tertiary/aromatic N) is 1. The molecular formula is C14H18BF2NO2. The first-order valence-electron chi connectivity index (χ1n) is 6.48. The van der Waals surface area contributed by atoms with Crippen LogP contribution in [0.15, 0.2) is 24.4 Å². The van der Waals surface area contributed by atoms with Crippen LogP contribution in [0.25, 0.3) is 6.08 Å². The molecule has 0 bridgehead atoms. The Labute approximate surface area is 118 Å². The molecule has 1 aromatic rings. The van der Waals surface area contributed by atoms with E-state index in [-0.39, 0.29) is 5.56 Å². The number of hydrogen-bond donors (Lipinski definition) is 0. The summed E-state index contributed by atoms with van der Waals surface area (Å²) in [5, 5.41) is 0. The second kappa shape index (κ2) is 5.26. The van der Waals surface area contributed by atoms with Gasteiger partial charge in [0.1, 0.15) is 0 Å². The van der Waals surface area contributed by atoms with E-state index in [1.807, 2.05) is 27.7 Å². The highest BCUT2D eigenvalue weighted by atomic mass is 19.3. The number of hydrogen-bond acceptors (Lipinski definition) is 3. The van der Waals surface area contributed by atoms with Crippen molar-refractivity contribution in [3.63, 3.8) is 0 Å². The summed E-state index contributed by atoms with van der Waals surface area (Å²) in [7, 11) is -0.491. The maximum atomic E-state index is 12.6. The largest absolute Gasteiger partial charge is 0.487 e. The van der Waals surface area contributed by atoms with E-state index in [9.17, 15) is 8.78 Å². The Morgan fingerprint density at radius 3 is 2.30 bits per heavy atom. The Kier molecular flexibility index (Phi) is 3.98. The Bertz CT molecular complexity index is 502. The highest BCUT2D eigenvalue weighted by Crippen LogP contribution is 2.37. The van der Waals surface area contributed by atoms with E-state index >= 15 is 0 Å². The molecule has 2 heterocycles. The Morgan fingerprint density at radius 2 is 1.75 bits per heavy atom. The Hall–Kier alpha value is -1.27. The first-order valence-corrected chi connectivity index (χ1v) is 6.48. The molecule has 2 rings (SSSR count). The molecule has 0 amide bonds. The number of halogens is 2. The normalized spacial score (nSPS) is 21.1. The minimum absolute atomic E-state index is 0.0962. The highest BCUT2D eigenvalue weighted by molar-refractivity contribution is 6.52. The van der Waals surface area contributed by atoms with Gasteiger partial charge < -0.3 is 9.31 Å². The highest BCUT2D eigenvalue weighted by Gasteiger charge is 2.49. The Morgan fingerprint density at radius 1 is 1.15 bits per heavy atom. The summed E-state index contributed by atoms with van der Waals surface area (Å²) in [6.45, 7) is 7.83. The predicted molar refractivity (Wildman–Crippen MR) is 74.3 cm³/mol. The molecule has 20 heavy (non-hydrogen) atoms. The third-order valence-electron chi connectivity index (χ3n) is 3.75. The molecule has 0 radical (unpaired) electrons. The maximum absolute atomic E-state index is 12.6. The van der Waals surface area contributed by atoms with Crippen molar-refractivity contribution < 1.29 is 18.1 Å². The van der Waals surface area contributed by atoms with Crippen LogP contribution in [0.3, 0.4) is 0 Å². The van der Waals surface area contributed by atoms with Gasteiger partial charge in [0.25, 0.3) is 6.43 Å². The van der Waals surface area contributed by atoms with Crippen LogP contribution < -0.4 is 0 Å². The molecule has 0 aromatic carbocycles. The fourth-order valence-corrected chi connectivity index (χ4v) is 1.84. The summed E-state index contributed by atoms with van der Waals surface area (Å²) in [6, 6.07) is 1.40. The molecule has 3 nitrogen and oxygen atoms in total. The molecule has 0 unspecified atom stereocenters. The van der Waals surface area contributed by atoms with Gasteiger partial charge in [-0.05, 0) is 39.3 Å². The summed E-state index contributed by atoms with van der Waals surface area (Å²) in [5.74, 6) is 1.71. The standard InChI is InChI=1S/C14H18BF2NO2/c1-13(2)14(3,4)20-15(19-13)6-5-10-7-11(12(16)17)9-18-8-10/h5-9,12H,1-4H3/b6-5+. The smallest absolute Gasteiger partial charge is 0.400 e. The summed E-state index contributed by atoms with van der Waals surface area (Å²) in [5.41, 5.74) is -0.325. The topological polar surface area (TPSA) is 31.4 Å². The van der Waals surface area contributed by atoms with Gasteiger partial charge in [0.05, 0.1) is 11.2 Å². The lowest BCUT2D eigenvalue weighted by atomic mass is 9.89. The van der Waals surface area contributed by atoms with Crippen LogP contribution in [0.5, 0.6) is 0 Å². The van der Waals surface area contributed by atoms with Crippen molar-refractivity contribution in [2.75, 3.05) is 0 Å². The molecule has 0 spiro atoms. The minimum Gasteiger partial charge on any atom is -0.400 e. The van der Waals surface area contributed by atoms with Gasteiger partial charge in [0.15, 0.2) is 0 Å². The predicted octanol–water partition coefficient (Wildman–Crippen LogP) is 3.66. The summed E-state index contributed by atoms with van der Waals surface area (Å²) < 4.78 is 36.7. The van der Waals surface area contributed by atoms with Crippen LogP contribution in [-0.2, 0) is 9.31 Å². The van der Waals surface area contributed by atoms with Crippen molar-refractivity contribution in [3.05, 3.63) is 35.6 Å². The monoisotopic (exact) mass is 281 g/mol. The molecule has 1 saturated heterocycles. The molecule has 1 aliphatic rings. The van der Waals surface area contributed by atoms with Crippen molar-refractivity contribution in [3.8, 4) is 0 Å². The van der Waals surface area contributed by atoms with Crippen LogP contribution in [0.2, 0.25) is 0 Å². The summed E-state index contributed by atoms with van der Waals surface area (Å²) in [4.78, 5) is 3.80. The van der Waals surface area contributed by atoms with Crippen molar-refractivity contribution in [1.82, 2.24) is 4.98 Å². The van der Waals surface area contributed by atoms with Crippen LogP contribution in [-0.4, -0.2) is 23.3 Å².